The number of carbonyl (C=O) groups excluding carboxylic acids is 6. The Morgan fingerprint density at radius 3 is 1.90 bits per heavy atom. The molecule has 2 fully saturated rings. The molecule has 1 aliphatic carbocycles. The second-order valence-corrected chi connectivity index (χ2v) is 17.8. The predicted octanol–water partition coefficient (Wildman–Crippen LogP) is 12.1. The van der Waals surface area contributed by atoms with Gasteiger partial charge in [0.05, 0.1) is 12.5 Å². The van der Waals surface area contributed by atoms with Crippen LogP contribution in [0.4, 0.5) is 4.39 Å². The van der Waals surface area contributed by atoms with Crippen LogP contribution in [0.1, 0.15) is 117 Å². The standard InChI is InChI=1S/C56H60FNO9S/c1-4-5-6-7-8-9-10-11-12-13-14-15-16-25-40(2)26-17-24-33-51(60)65-48-31-22-19-28-45(48)55(63)66-49-32-23-20-29-46(49)56(64)67-52(61)38-43-39-58(37-36-50(43)68-41(3)59)53(54(62)42-34-35-42)44-27-18-21-30-47(44)57/h5-6,8-9,11-12,14-15,17-25,27-32,38,42,50,53H,4,7,10,13,16,26,33-37,39H2,1-3H3. The number of ether oxygens (including phenoxy) is 3. The molecule has 0 amide bonds. The zero-order valence-electron chi connectivity index (χ0n) is 39.0. The number of ketones is 1. The number of benzene rings is 3. The smallest absolute Gasteiger partial charge is 0.349 e. The van der Waals surface area contributed by atoms with E-state index in [-0.39, 0.29) is 58.0 Å². The molecule has 356 valence electrons. The summed E-state index contributed by atoms with van der Waals surface area (Å²) in [6, 6.07) is 17.0. The van der Waals surface area contributed by atoms with Crippen molar-refractivity contribution in [2.24, 2.45) is 5.92 Å². The minimum Gasteiger partial charge on any atom is -0.425 e. The summed E-state index contributed by atoms with van der Waals surface area (Å²) < 4.78 is 31.5. The maximum absolute atomic E-state index is 15.1. The van der Waals surface area contributed by atoms with Crippen LogP contribution in [0.3, 0.4) is 0 Å². The molecular weight excluding hydrogens is 882 g/mol. The fraction of sp³-hybridized carbons (Fsp3) is 0.321. The molecule has 0 radical (unpaired) electrons. The zero-order valence-corrected chi connectivity index (χ0v) is 39.8. The van der Waals surface area contributed by atoms with Crippen molar-refractivity contribution in [2.45, 2.75) is 96.3 Å². The highest BCUT2D eigenvalue weighted by Crippen LogP contribution is 2.40. The highest BCUT2D eigenvalue weighted by Gasteiger charge is 2.41. The van der Waals surface area contributed by atoms with Gasteiger partial charge < -0.3 is 14.2 Å². The van der Waals surface area contributed by atoms with Gasteiger partial charge in [0.2, 0.25) is 0 Å². The van der Waals surface area contributed by atoms with Gasteiger partial charge in [0, 0.05) is 42.8 Å². The van der Waals surface area contributed by atoms with Gasteiger partial charge in [-0.3, -0.25) is 19.3 Å². The number of nitrogens with zero attached hydrogens (tertiary/aromatic N) is 1. The van der Waals surface area contributed by atoms with Crippen LogP contribution in [0.15, 0.2) is 157 Å². The van der Waals surface area contributed by atoms with Gasteiger partial charge in [-0.15, -0.1) is 0 Å². The van der Waals surface area contributed by atoms with E-state index < -0.39 is 41.0 Å². The second kappa shape index (κ2) is 28.0. The number of halogens is 1. The Kier molecular flexibility index (Phi) is 21.6. The van der Waals surface area contributed by atoms with E-state index in [9.17, 15) is 28.8 Å². The van der Waals surface area contributed by atoms with Gasteiger partial charge in [0.15, 0.2) is 10.9 Å². The summed E-state index contributed by atoms with van der Waals surface area (Å²) in [5.74, 6) is -4.73. The number of hydrogen-bond donors (Lipinski definition) is 0. The largest absolute Gasteiger partial charge is 0.425 e. The molecule has 68 heavy (non-hydrogen) atoms. The van der Waals surface area contributed by atoms with E-state index in [1.165, 1.54) is 49.4 Å². The molecule has 5 rings (SSSR count). The number of piperidine rings is 1. The molecule has 3 aromatic rings. The van der Waals surface area contributed by atoms with Crippen molar-refractivity contribution >= 4 is 46.5 Å². The fourth-order valence-electron chi connectivity index (χ4n) is 7.37. The highest BCUT2D eigenvalue weighted by atomic mass is 32.2. The van der Waals surface area contributed by atoms with Gasteiger partial charge in [-0.05, 0) is 101 Å². The van der Waals surface area contributed by atoms with Crippen LogP contribution in [-0.2, 0) is 23.9 Å². The number of carbonyl (C=O) groups is 6. The Morgan fingerprint density at radius 1 is 0.691 bits per heavy atom. The summed E-state index contributed by atoms with van der Waals surface area (Å²) in [6.45, 7) is 5.96. The number of allylic oxidation sites excluding steroid dienone is 11. The normalized spacial score (nSPS) is 16.9. The molecule has 0 N–H and O–H groups in total. The van der Waals surface area contributed by atoms with Crippen LogP contribution in [0.2, 0.25) is 0 Å². The van der Waals surface area contributed by atoms with Gasteiger partial charge in [-0.2, -0.15) is 0 Å². The molecule has 1 saturated heterocycles. The van der Waals surface area contributed by atoms with Crippen LogP contribution in [-0.4, -0.2) is 58.0 Å². The molecule has 3 aromatic carbocycles. The van der Waals surface area contributed by atoms with Gasteiger partial charge in [0.1, 0.15) is 28.4 Å². The lowest BCUT2D eigenvalue weighted by Gasteiger charge is -2.38. The predicted molar refractivity (Wildman–Crippen MR) is 265 cm³/mol. The van der Waals surface area contributed by atoms with Crippen molar-refractivity contribution in [1.29, 1.82) is 0 Å². The molecule has 1 aliphatic heterocycles. The van der Waals surface area contributed by atoms with Crippen LogP contribution >= 0.6 is 11.8 Å². The minimum atomic E-state index is -1.11. The zero-order chi connectivity index (χ0) is 48.7. The van der Waals surface area contributed by atoms with Crippen LogP contribution in [0, 0.1) is 11.7 Å². The summed E-state index contributed by atoms with van der Waals surface area (Å²) in [6.07, 6.45) is 31.2. The summed E-state index contributed by atoms with van der Waals surface area (Å²) in [7, 11) is 0. The van der Waals surface area contributed by atoms with Crippen molar-refractivity contribution in [1.82, 2.24) is 4.90 Å². The fourth-order valence-corrected chi connectivity index (χ4v) is 8.29. The van der Waals surface area contributed by atoms with Crippen LogP contribution in [0.5, 0.6) is 11.5 Å². The summed E-state index contributed by atoms with van der Waals surface area (Å²) in [4.78, 5) is 80.9. The lowest BCUT2D eigenvalue weighted by Crippen LogP contribution is -2.43. The third-order valence-corrected chi connectivity index (χ3v) is 12.1. The van der Waals surface area contributed by atoms with Gasteiger partial charge in [-0.1, -0.05) is 134 Å². The molecule has 2 aliphatic rings. The van der Waals surface area contributed by atoms with Crippen LogP contribution < -0.4 is 9.47 Å². The second-order valence-electron chi connectivity index (χ2n) is 16.4. The SMILES string of the molecule is CCC=CCC=CCC=CCC=CCC=C(C)CC=CCC(=O)Oc1ccccc1C(=O)Oc1ccccc1C(=O)OC(=O)C=C1CN(C(C(=O)C2CC2)c2ccccc2F)CCC1SC(C)=O. The Labute approximate surface area is 403 Å². The summed E-state index contributed by atoms with van der Waals surface area (Å²) in [5.41, 5.74) is 1.51. The first-order valence-corrected chi connectivity index (χ1v) is 24.0. The van der Waals surface area contributed by atoms with Crippen molar-refractivity contribution in [2.75, 3.05) is 13.1 Å². The average Bonchev–Trinajstić information content (AvgIpc) is 4.17. The lowest BCUT2D eigenvalue weighted by molar-refractivity contribution is -0.134. The molecular formula is C56H60FNO9S. The number of likely N-dealkylation sites (tertiary alicyclic amines) is 1. The number of para-hydroxylation sites is 2. The monoisotopic (exact) mass is 941 g/mol. The van der Waals surface area contributed by atoms with E-state index in [0.717, 1.165) is 68.4 Å². The molecule has 10 nitrogen and oxygen atoms in total. The first-order valence-electron chi connectivity index (χ1n) is 23.1. The molecule has 2 atom stereocenters. The number of thioether (sulfide) groups is 1. The van der Waals surface area contributed by atoms with Crippen LogP contribution in [0.25, 0.3) is 0 Å². The molecule has 1 saturated carbocycles. The maximum Gasteiger partial charge on any atom is 0.349 e. The highest BCUT2D eigenvalue weighted by molar-refractivity contribution is 8.14. The number of Topliss-reactive ketones (excluding diaryl/α,β-unsaturated/α-hetero) is 1. The van der Waals surface area contributed by atoms with Crippen molar-refractivity contribution < 1.29 is 47.4 Å². The quantitative estimate of drug-likeness (QED) is 0.0296. The number of esters is 4. The number of rotatable bonds is 23. The first-order chi connectivity index (χ1) is 32.9. The molecule has 12 heteroatoms. The topological polar surface area (TPSA) is 133 Å². The van der Waals surface area contributed by atoms with E-state index in [4.69, 9.17) is 14.2 Å². The number of hydrogen-bond acceptors (Lipinski definition) is 11. The summed E-state index contributed by atoms with van der Waals surface area (Å²) >= 11 is 1.02. The van der Waals surface area contributed by atoms with Crippen molar-refractivity contribution in [3.05, 3.63) is 179 Å². The van der Waals surface area contributed by atoms with E-state index in [2.05, 4.69) is 61.6 Å². The van der Waals surface area contributed by atoms with Gasteiger partial charge in [0.25, 0.3) is 0 Å². The third-order valence-electron chi connectivity index (χ3n) is 10.9. The van der Waals surface area contributed by atoms with Gasteiger partial charge in [-0.25, -0.2) is 18.8 Å². The van der Waals surface area contributed by atoms with E-state index in [1.807, 2.05) is 13.0 Å². The van der Waals surface area contributed by atoms with Crippen molar-refractivity contribution in [3.63, 3.8) is 0 Å². The average molecular weight is 942 g/mol. The Balaban J connectivity index is 1.15. The maximum atomic E-state index is 15.1. The van der Waals surface area contributed by atoms with E-state index in [0.29, 0.717) is 25.0 Å². The Bertz CT molecular complexity index is 2480. The van der Waals surface area contributed by atoms with E-state index >= 15 is 4.39 Å². The van der Waals surface area contributed by atoms with E-state index in [1.54, 1.807) is 41.3 Å². The Hall–Kier alpha value is -6.50. The lowest BCUT2D eigenvalue weighted by atomic mass is 9.93. The molecule has 0 bridgehead atoms. The molecule has 1 heterocycles. The molecule has 2 unspecified atom stereocenters. The summed E-state index contributed by atoms with van der Waals surface area (Å²) in [5, 5.41) is -0.647. The minimum absolute atomic E-state index is 0.0383. The Morgan fingerprint density at radius 2 is 1.26 bits per heavy atom. The van der Waals surface area contributed by atoms with Crippen molar-refractivity contribution in [3.8, 4) is 11.5 Å². The first kappa shape index (κ1) is 52.5. The third kappa shape index (κ3) is 17.3. The van der Waals surface area contributed by atoms with Gasteiger partial charge >= 0.3 is 23.9 Å². The molecule has 0 aromatic heterocycles. The molecule has 0 spiro atoms.